The van der Waals surface area contributed by atoms with Crippen LogP contribution in [-0.2, 0) is 25.0 Å². The van der Waals surface area contributed by atoms with E-state index in [1.54, 1.807) is 0 Å². The molecular weight excluding hydrogens is 298 g/mol. The van der Waals surface area contributed by atoms with Crippen LogP contribution in [0.3, 0.4) is 0 Å². The molecule has 10 heteroatoms. The highest BCUT2D eigenvalue weighted by Crippen LogP contribution is 2.25. The second kappa shape index (κ2) is 5.25. The number of carbonyl (C=O) groups excluding carboxylic acids is 1. The second-order valence-electron chi connectivity index (χ2n) is 3.51. The van der Waals surface area contributed by atoms with Crippen molar-refractivity contribution in [3.63, 3.8) is 0 Å². The van der Waals surface area contributed by atoms with E-state index in [9.17, 15) is 21.6 Å². The van der Waals surface area contributed by atoms with Crippen molar-refractivity contribution in [2.24, 2.45) is 0 Å². The molecule has 8 nitrogen and oxygen atoms in total. The minimum absolute atomic E-state index is 0.0149. The Kier molecular flexibility index (Phi) is 4.30. The molecule has 19 heavy (non-hydrogen) atoms. The minimum atomic E-state index is -4.64. The van der Waals surface area contributed by atoms with Gasteiger partial charge in [-0.25, -0.2) is 0 Å². The second-order valence-corrected chi connectivity index (χ2v) is 6.32. The highest BCUT2D eigenvalue weighted by molar-refractivity contribution is 7.86. The first-order chi connectivity index (χ1) is 8.55. The number of carbonyl (C=O) groups is 1. The summed E-state index contributed by atoms with van der Waals surface area (Å²) in [5.74, 6) is -0.586. The lowest BCUT2D eigenvalue weighted by atomic mass is 10.3. The first-order valence-electron chi connectivity index (χ1n) is 4.94. The van der Waals surface area contributed by atoms with E-state index in [1.807, 2.05) is 0 Å². The van der Waals surface area contributed by atoms with Crippen molar-refractivity contribution in [3.8, 4) is 0 Å². The molecule has 0 radical (unpaired) electrons. The fraction of sp³-hybridized carbons (Fsp3) is 0.222. The lowest BCUT2D eigenvalue weighted by Crippen LogP contribution is -2.14. The number of benzene rings is 1. The van der Waals surface area contributed by atoms with E-state index in [-0.39, 0.29) is 6.42 Å². The van der Waals surface area contributed by atoms with Crippen molar-refractivity contribution < 1.29 is 30.7 Å². The molecule has 0 bridgehead atoms. The Hall–Kier alpha value is -1.49. The maximum atomic E-state index is 11.2. The predicted octanol–water partition coefficient (Wildman–Crippen LogP) is 0.529. The van der Waals surface area contributed by atoms with Crippen LogP contribution in [0.5, 0.6) is 0 Å². The number of rotatable bonds is 4. The Morgan fingerprint density at radius 1 is 1.16 bits per heavy atom. The van der Waals surface area contributed by atoms with E-state index in [2.05, 4.69) is 5.32 Å². The molecule has 0 fully saturated rings. The van der Waals surface area contributed by atoms with Crippen LogP contribution in [0.4, 0.5) is 5.69 Å². The van der Waals surface area contributed by atoms with Crippen LogP contribution >= 0.6 is 0 Å². The molecule has 1 aromatic rings. The Morgan fingerprint density at radius 3 is 2.16 bits per heavy atom. The summed E-state index contributed by atoms with van der Waals surface area (Å²) in [6, 6.07) is 2.30. The van der Waals surface area contributed by atoms with Crippen LogP contribution in [0.2, 0.25) is 0 Å². The molecule has 3 N–H and O–H groups in total. The molecular formula is C9H11NO7S2. The van der Waals surface area contributed by atoms with Crippen molar-refractivity contribution in [1.82, 2.24) is 0 Å². The topological polar surface area (TPSA) is 138 Å². The van der Waals surface area contributed by atoms with Crippen molar-refractivity contribution in [1.29, 1.82) is 0 Å². The van der Waals surface area contributed by atoms with Crippen LogP contribution in [0, 0.1) is 0 Å². The third-order valence-corrected chi connectivity index (χ3v) is 3.88. The summed E-state index contributed by atoms with van der Waals surface area (Å²) in [5, 5.41) is 2.13. The zero-order chi connectivity index (χ0) is 14.8. The molecule has 0 aliphatic heterocycles. The average Bonchev–Trinajstić information content (AvgIpc) is 2.26. The van der Waals surface area contributed by atoms with Gasteiger partial charge < -0.3 is 5.32 Å². The molecule has 0 saturated heterocycles. The monoisotopic (exact) mass is 309 g/mol. The van der Waals surface area contributed by atoms with Crippen molar-refractivity contribution in [2.75, 3.05) is 5.32 Å². The Balaban J connectivity index is 3.48. The summed E-state index contributed by atoms with van der Waals surface area (Å²) in [5.41, 5.74) is -0.426. The first-order valence-corrected chi connectivity index (χ1v) is 7.82. The quantitative estimate of drug-likeness (QED) is 0.689. The van der Waals surface area contributed by atoms with Crippen LogP contribution in [0.25, 0.3) is 0 Å². The normalized spacial score (nSPS) is 12.2. The van der Waals surface area contributed by atoms with Gasteiger partial charge >= 0.3 is 0 Å². The predicted molar refractivity (Wildman–Crippen MR) is 65.0 cm³/mol. The van der Waals surface area contributed by atoms with Crippen LogP contribution < -0.4 is 5.32 Å². The van der Waals surface area contributed by atoms with Gasteiger partial charge in [-0.2, -0.15) is 16.8 Å². The van der Waals surface area contributed by atoms with Gasteiger partial charge in [0.15, 0.2) is 0 Å². The van der Waals surface area contributed by atoms with Gasteiger partial charge in [0.2, 0.25) is 5.91 Å². The molecule has 106 valence electrons. The van der Waals surface area contributed by atoms with Crippen LogP contribution in [-0.4, -0.2) is 31.8 Å². The van der Waals surface area contributed by atoms with Gasteiger partial charge in [-0.1, -0.05) is 6.92 Å². The molecule has 0 atom stereocenters. The molecule has 0 saturated carbocycles. The van der Waals surface area contributed by atoms with Gasteiger partial charge in [-0.3, -0.25) is 13.9 Å². The standard InChI is InChI=1S/C9H11NO7S2/c1-2-9(11)10-7-5-6(18(12,13)14)3-4-8(7)19(15,16)17/h3-5H,2H2,1H3,(H,10,11)(H,12,13,14)(H,15,16,17). The van der Waals surface area contributed by atoms with Gasteiger partial charge in [0.25, 0.3) is 20.2 Å². The number of anilines is 1. The van der Waals surface area contributed by atoms with Crippen molar-refractivity contribution >= 4 is 31.8 Å². The van der Waals surface area contributed by atoms with E-state index < -0.39 is 41.6 Å². The maximum absolute atomic E-state index is 11.2. The summed E-state index contributed by atoms with van der Waals surface area (Å²) < 4.78 is 61.8. The molecule has 1 amide bonds. The lowest BCUT2D eigenvalue weighted by Gasteiger charge is -2.09. The Morgan fingerprint density at radius 2 is 1.74 bits per heavy atom. The van der Waals surface area contributed by atoms with Gasteiger partial charge in [0, 0.05) is 6.42 Å². The van der Waals surface area contributed by atoms with E-state index >= 15 is 0 Å². The summed E-state index contributed by atoms with van der Waals surface area (Å²) in [6.07, 6.45) is 0.0149. The highest BCUT2D eigenvalue weighted by atomic mass is 32.2. The van der Waals surface area contributed by atoms with Gasteiger partial charge in [-0.05, 0) is 18.2 Å². The van der Waals surface area contributed by atoms with Crippen LogP contribution in [0.15, 0.2) is 28.0 Å². The summed E-state index contributed by atoms with van der Waals surface area (Å²) in [4.78, 5) is 9.95. The summed E-state index contributed by atoms with van der Waals surface area (Å²) >= 11 is 0. The van der Waals surface area contributed by atoms with Crippen molar-refractivity contribution in [3.05, 3.63) is 18.2 Å². The van der Waals surface area contributed by atoms with Crippen molar-refractivity contribution in [2.45, 2.75) is 23.1 Å². The van der Waals surface area contributed by atoms with Gasteiger partial charge in [0.05, 0.1) is 10.6 Å². The smallest absolute Gasteiger partial charge is 0.296 e. The molecule has 0 aliphatic carbocycles. The van der Waals surface area contributed by atoms with E-state index in [0.29, 0.717) is 0 Å². The zero-order valence-corrected chi connectivity index (χ0v) is 11.3. The molecule has 0 aromatic heterocycles. The van der Waals surface area contributed by atoms with Crippen LogP contribution in [0.1, 0.15) is 13.3 Å². The molecule has 1 rings (SSSR count). The van der Waals surface area contributed by atoms with E-state index in [1.165, 1.54) is 6.92 Å². The SMILES string of the molecule is CCC(=O)Nc1cc(S(=O)(=O)O)ccc1S(=O)(=O)O. The van der Waals surface area contributed by atoms with E-state index in [4.69, 9.17) is 9.11 Å². The molecule has 0 aliphatic rings. The molecule has 0 heterocycles. The molecule has 0 unspecified atom stereocenters. The van der Waals surface area contributed by atoms with E-state index in [0.717, 1.165) is 18.2 Å². The summed E-state index contributed by atoms with van der Waals surface area (Å²) in [6.45, 7) is 1.50. The fourth-order valence-electron chi connectivity index (χ4n) is 1.23. The average molecular weight is 309 g/mol. The Bertz CT molecular complexity index is 706. The molecule has 1 aromatic carbocycles. The summed E-state index contributed by atoms with van der Waals surface area (Å²) in [7, 11) is -9.20. The highest BCUT2D eigenvalue weighted by Gasteiger charge is 2.20. The number of amides is 1. The Labute approximate surface area is 109 Å². The number of nitrogens with one attached hydrogen (secondary N) is 1. The maximum Gasteiger partial charge on any atom is 0.296 e. The number of hydrogen-bond donors (Lipinski definition) is 3. The van der Waals surface area contributed by atoms with Gasteiger partial charge in [-0.15, -0.1) is 0 Å². The lowest BCUT2D eigenvalue weighted by molar-refractivity contribution is -0.115. The third-order valence-electron chi connectivity index (χ3n) is 2.12. The third kappa shape index (κ3) is 3.99. The largest absolute Gasteiger partial charge is 0.325 e. The van der Waals surface area contributed by atoms with Gasteiger partial charge in [0.1, 0.15) is 4.90 Å². The zero-order valence-electron chi connectivity index (χ0n) is 9.69. The first kappa shape index (κ1) is 15.6. The molecule has 0 spiro atoms. The fourth-order valence-corrected chi connectivity index (χ4v) is 2.37. The minimum Gasteiger partial charge on any atom is -0.325 e. The number of hydrogen-bond acceptors (Lipinski definition) is 5.